The van der Waals surface area contributed by atoms with Gasteiger partial charge < -0.3 is 19.1 Å². The van der Waals surface area contributed by atoms with Crippen LogP contribution < -0.4 is 14.2 Å². The molecule has 26 heavy (non-hydrogen) atoms. The molecule has 2 aromatic rings. The van der Waals surface area contributed by atoms with Gasteiger partial charge in [0.15, 0.2) is 0 Å². The SMILES string of the molecule is COc1ccc(OC)c(/C=C/C(=O)N(C)CCOc2ccc(C)cc2)c1. The van der Waals surface area contributed by atoms with Crippen LogP contribution in [0.25, 0.3) is 6.08 Å². The second kappa shape index (κ2) is 9.51. The average Bonchev–Trinajstić information content (AvgIpc) is 2.67. The van der Waals surface area contributed by atoms with Crippen molar-refractivity contribution in [1.82, 2.24) is 4.90 Å². The first-order valence-electron chi connectivity index (χ1n) is 8.38. The number of methoxy groups -OCH3 is 2. The van der Waals surface area contributed by atoms with Crippen LogP contribution in [0.1, 0.15) is 11.1 Å². The molecule has 0 bridgehead atoms. The van der Waals surface area contributed by atoms with E-state index in [-0.39, 0.29) is 5.91 Å². The number of nitrogens with zero attached hydrogens (tertiary/aromatic N) is 1. The number of carbonyl (C=O) groups is 1. The van der Waals surface area contributed by atoms with Gasteiger partial charge in [0.2, 0.25) is 5.91 Å². The van der Waals surface area contributed by atoms with Gasteiger partial charge >= 0.3 is 0 Å². The molecule has 0 radical (unpaired) electrons. The number of rotatable bonds is 8. The van der Waals surface area contributed by atoms with Crippen LogP contribution in [0, 0.1) is 6.92 Å². The van der Waals surface area contributed by atoms with Crippen LogP contribution >= 0.6 is 0 Å². The molecule has 2 aromatic carbocycles. The fourth-order valence-electron chi connectivity index (χ4n) is 2.30. The first-order chi connectivity index (χ1) is 12.5. The van der Waals surface area contributed by atoms with E-state index in [9.17, 15) is 4.79 Å². The predicted molar refractivity (Wildman–Crippen MR) is 103 cm³/mol. The lowest BCUT2D eigenvalue weighted by Crippen LogP contribution is -2.29. The van der Waals surface area contributed by atoms with Crippen molar-refractivity contribution >= 4 is 12.0 Å². The van der Waals surface area contributed by atoms with Gasteiger partial charge in [-0.2, -0.15) is 0 Å². The summed E-state index contributed by atoms with van der Waals surface area (Å²) in [5.41, 5.74) is 1.97. The highest BCUT2D eigenvalue weighted by molar-refractivity contribution is 5.92. The minimum absolute atomic E-state index is 0.109. The van der Waals surface area contributed by atoms with Gasteiger partial charge in [-0.3, -0.25) is 4.79 Å². The van der Waals surface area contributed by atoms with E-state index < -0.39 is 0 Å². The van der Waals surface area contributed by atoms with Gasteiger partial charge in [0.1, 0.15) is 23.9 Å². The summed E-state index contributed by atoms with van der Waals surface area (Å²) < 4.78 is 16.2. The Hall–Kier alpha value is -2.95. The lowest BCUT2D eigenvalue weighted by atomic mass is 10.1. The zero-order valence-electron chi connectivity index (χ0n) is 15.7. The van der Waals surface area contributed by atoms with E-state index in [2.05, 4.69) is 0 Å². The second-order valence-electron chi connectivity index (χ2n) is 5.86. The van der Waals surface area contributed by atoms with E-state index in [4.69, 9.17) is 14.2 Å². The zero-order chi connectivity index (χ0) is 18.9. The Morgan fingerprint density at radius 3 is 2.38 bits per heavy atom. The van der Waals surface area contributed by atoms with Crippen molar-refractivity contribution in [2.24, 2.45) is 0 Å². The molecule has 0 saturated heterocycles. The van der Waals surface area contributed by atoms with Crippen LogP contribution in [0.4, 0.5) is 0 Å². The van der Waals surface area contributed by atoms with Crippen molar-refractivity contribution in [3.8, 4) is 17.2 Å². The van der Waals surface area contributed by atoms with E-state index in [1.165, 1.54) is 11.6 Å². The summed E-state index contributed by atoms with van der Waals surface area (Å²) >= 11 is 0. The molecule has 5 nitrogen and oxygen atoms in total. The molecule has 0 aliphatic rings. The molecular weight excluding hydrogens is 330 g/mol. The Morgan fingerprint density at radius 2 is 1.73 bits per heavy atom. The third kappa shape index (κ3) is 5.55. The summed E-state index contributed by atoms with van der Waals surface area (Å²) in [5.74, 6) is 2.08. The summed E-state index contributed by atoms with van der Waals surface area (Å²) in [6.45, 7) is 2.95. The van der Waals surface area contributed by atoms with E-state index >= 15 is 0 Å². The zero-order valence-corrected chi connectivity index (χ0v) is 15.7. The van der Waals surface area contributed by atoms with Crippen molar-refractivity contribution in [2.45, 2.75) is 6.92 Å². The number of likely N-dealkylation sites (N-methyl/N-ethyl adjacent to an activating group) is 1. The number of hydrogen-bond donors (Lipinski definition) is 0. The van der Waals surface area contributed by atoms with E-state index in [1.54, 1.807) is 32.2 Å². The predicted octanol–water partition coefficient (Wildman–Crippen LogP) is 3.56. The number of hydrogen-bond acceptors (Lipinski definition) is 4. The number of aryl methyl sites for hydroxylation is 1. The normalized spacial score (nSPS) is 10.6. The third-order valence-electron chi connectivity index (χ3n) is 3.93. The summed E-state index contributed by atoms with van der Waals surface area (Å²) in [5, 5.41) is 0. The molecule has 138 valence electrons. The Labute approximate surface area is 154 Å². The Kier molecular flexibility index (Phi) is 7.09. The highest BCUT2D eigenvalue weighted by Crippen LogP contribution is 2.25. The first kappa shape index (κ1) is 19.4. The smallest absolute Gasteiger partial charge is 0.246 e. The molecule has 0 aromatic heterocycles. The minimum Gasteiger partial charge on any atom is -0.497 e. The maximum atomic E-state index is 12.3. The molecule has 0 aliphatic heterocycles. The van der Waals surface area contributed by atoms with Crippen LogP contribution in [-0.4, -0.2) is 45.2 Å². The molecule has 0 fully saturated rings. The molecule has 2 rings (SSSR count). The standard InChI is InChI=1S/C21H25NO4/c1-16-5-8-18(9-6-16)26-14-13-22(2)21(23)12-7-17-15-19(24-3)10-11-20(17)25-4/h5-12,15H,13-14H2,1-4H3/b12-7+. The molecule has 1 amide bonds. The summed E-state index contributed by atoms with van der Waals surface area (Å²) in [6, 6.07) is 13.3. The molecule has 0 N–H and O–H groups in total. The Bertz CT molecular complexity index is 753. The van der Waals surface area contributed by atoms with Gasteiger partial charge in [-0.15, -0.1) is 0 Å². The van der Waals surface area contributed by atoms with Crippen LogP contribution in [0.3, 0.4) is 0 Å². The molecule has 0 spiro atoms. The van der Waals surface area contributed by atoms with Crippen molar-refractivity contribution < 1.29 is 19.0 Å². The maximum absolute atomic E-state index is 12.3. The largest absolute Gasteiger partial charge is 0.497 e. The third-order valence-corrected chi connectivity index (χ3v) is 3.93. The minimum atomic E-state index is -0.109. The van der Waals surface area contributed by atoms with Crippen LogP contribution in [0.5, 0.6) is 17.2 Å². The van der Waals surface area contributed by atoms with Gasteiger partial charge in [0.05, 0.1) is 20.8 Å². The monoisotopic (exact) mass is 355 g/mol. The average molecular weight is 355 g/mol. The Morgan fingerprint density at radius 1 is 1.04 bits per heavy atom. The lowest BCUT2D eigenvalue weighted by molar-refractivity contribution is -0.125. The van der Waals surface area contributed by atoms with E-state index in [1.807, 2.05) is 49.4 Å². The van der Waals surface area contributed by atoms with Crippen LogP contribution in [0.15, 0.2) is 48.5 Å². The molecule has 0 aliphatic carbocycles. The van der Waals surface area contributed by atoms with Gasteiger partial charge in [-0.25, -0.2) is 0 Å². The van der Waals surface area contributed by atoms with Crippen molar-refractivity contribution in [3.05, 3.63) is 59.7 Å². The van der Waals surface area contributed by atoms with Crippen molar-refractivity contribution in [1.29, 1.82) is 0 Å². The highest BCUT2D eigenvalue weighted by atomic mass is 16.5. The van der Waals surface area contributed by atoms with Crippen LogP contribution in [0.2, 0.25) is 0 Å². The summed E-state index contributed by atoms with van der Waals surface area (Å²) in [4.78, 5) is 13.9. The van der Waals surface area contributed by atoms with Crippen molar-refractivity contribution in [3.63, 3.8) is 0 Å². The van der Waals surface area contributed by atoms with Crippen LogP contribution in [-0.2, 0) is 4.79 Å². The van der Waals surface area contributed by atoms with Gasteiger partial charge in [0, 0.05) is 18.7 Å². The molecule has 0 heterocycles. The lowest BCUT2D eigenvalue weighted by Gasteiger charge is -2.16. The summed E-state index contributed by atoms with van der Waals surface area (Å²) in [7, 11) is 4.94. The number of benzene rings is 2. The summed E-state index contributed by atoms with van der Waals surface area (Å²) in [6.07, 6.45) is 3.24. The number of amides is 1. The topological polar surface area (TPSA) is 48.0 Å². The van der Waals surface area contributed by atoms with E-state index in [0.29, 0.717) is 24.7 Å². The number of carbonyl (C=O) groups excluding carboxylic acids is 1. The first-order valence-corrected chi connectivity index (χ1v) is 8.38. The fourth-order valence-corrected chi connectivity index (χ4v) is 2.30. The van der Waals surface area contributed by atoms with E-state index in [0.717, 1.165) is 11.3 Å². The second-order valence-corrected chi connectivity index (χ2v) is 5.86. The maximum Gasteiger partial charge on any atom is 0.246 e. The Balaban J connectivity index is 1.90. The quantitative estimate of drug-likeness (QED) is 0.679. The molecular formula is C21H25NO4. The molecule has 0 saturated carbocycles. The molecule has 5 heteroatoms. The van der Waals surface area contributed by atoms with Gasteiger partial charge in [-0.05, 0) is 43.3 Å². The van der Waals surface area contributed by atoms with Gasteiger partial charge in [-0.1, -0.05) is 17.7 Å². The van der Waals surface area contributed by atoms with Gasteiger partial charge in [0.25, 0.3) is 0 Å². The molecule has 0 unspecified atom stereocenters. The fraction of sp³-hybridized carbons (Fsp3) is 0.286. The molecule has 0 atom stereocenters. The number of ether oxygens (including phenoxy) is 3. The van der Waals surface area contributed by atoms with Crippen molar-refractivity contribution in [2.75, 3.05) is 34.4 Å². The highest BCUT2D eigenvalue weighted by Gasteiger charge is 2.07.